The van der Waals surface area contributed by atoms with E-state index < -0.39 is 0 Å². The van der Waals surface area contributed by atoms with Crippen molar-refractivity contribution in [1.82, 2.24) is 0 Å². The smallest absolute Gasteiger partial charge is 0.0590 e. The number of thiophene rings is 1. The lowest BCUT2D eigenvalue weighted by atomic mass is 10.2. The van der Waals surface area contributed by atoms with Gasteiger partial charge in [-0.3, -0.25) is 0 Å². The Morgan fingerprint density at radius 3 is 2.71 bits per heavy atom. The average Bonchev–Trinajstić information content (AvgIpc) is 2.70. The molecular formula is C13H15BrN2S. The number of aryl methyl sites for hydroxylation is 1. The minimum Gasteiger partial charge on any atom is -0.397 e. The summed E-state index contributed by atoms with van der Waals surface area (Å²) in [6, 6.07) is 10.4. The minimum absolute atomic E-state index is 0.269. The van der Waals surface area contributed by atoms with Crippen LogP contribution in [-0.2, 0) is 0 Å². The van der Waals surface area contributed by atoms with Gasteiger partial charge in [-0.05, 0) is 44.2 Å². The van der Waals surface area contributed by atoms with Crippen molar-refractivity contribution in [1.29, 1.82) is 0 Å². The van der Waals surface area contributed by atoms with Crippen molar-refractivity contribution >= 4 is 38.6 Å². The predicted molar refractivity (Wildman–Crippen MR) is 79.6 cm³/mol. The van der Waals surface area contributed by atoms with Gasteiger partial charge in [0.05, 0.1) is 17.4 Å². The highest BCUT2D eigenvalue weighted by molar-refractivity contribution is 9.10. The number of halogens is 1. The standard InChI is InChI=1S/C13H15BrN2S/c1-8-3-6-13(17-8)9(2)16-12-7-10(14)4-5-11(12)15/h3-7,9,16H,15H2,1-2H3. The molecule has 1 aromatic carbocycles. The molecular weight excluding hydrogens is 296 g/mol. The van der Waals surface area contributed by atoms with E-state index in [1.54, 1.807) is 0 Å². The summed E-state index contributed by atoms with van der Waals surface area (Å²) in [6.45, 7) is 4.26. The molecule has 3 N–H and O–H groups in total. The van der Waals surface area contributed by atoms with Gasteiger partial charge in [0, 0.05) is 14.2 Å². The Balaban J connectivity index is 2.18. The maximum absolute atomic E-state index is 5.94. The van der Waals surface area contributed by atoms with Crippen LogP contribution in [0.2, 0.25) is 0 Å². The molecule has 1 unspecified atom stereocenters. The second-order valence-electron chi connectivity index (χ2n) is 4.05. The summed E-state index contributed by atoms with van der Waals surface area (Å²) in [6.07, 6.45) is 0. The fourth-order valence-electron chi connectivity index (χ4n) is 1.64. The average molecular weight is 311 g/mol. The van der Waals surface area contributed by atoms with Crippen LogP contribution >= 0.6 is 27.3 Å². The van der Waals surface area contributed by atoms with Crippen molar-refractivity contribution in [3.63, 3.8) is 0 Å². The molecule has 90 valence electrons. The molecule has 17 heavy (non-hydrogen) atoms. The van der Waals surface area contributed by atoms with Gasteiger partial charge in [-0.15, -0.1) is 11.3 Å². The minimum atomic E-state index is 0.269. The van der Waals surface area contributed by atoms with Crippen molar-refractivity contribution in [3.05, 3.63) is 44.6 Å². The first-order valence-electron chi connectivity index (χ1n) is 5.44. The van der Waals surface area contributed by atoms with E-state index in [-0.39, 0.29) is 6.04 Å². The fraction of sp³-hybridized carbons (Fsp3) is 0.231. The van der Waals surface area contributed by atoms with Gasteiger partial charge in [-0.1, -0.05) is 15.9 Å². The highest BCUT2D eigenvalue weighted by Crippen LogP contribution is 2.29. The van der Waals surface area contributed by atoms with Crippen molar-refractivity contribution in [3.8, 4) is 0 Å². The number of hydrogen-bond donors (Lipinski definition) is 2. The Kier molecular flexibility index (Phi) is 3.74. The van der Waals surface area contributed by atoms with E-state index in [0.717, 1.165) is 15.8 Å². The van der Waals surface area contributed by atoms with Crippen LogP contribution in [0.4, 0.5) is 11.4 Å². The first kappa shape index (κ1) is 12.5. The number of nitrogens with two attached hydrogens (primary N) is 1. The van der Waals surface area contributed by atoms with Crippen molar-refractivity contribution < 1.29 is 0 Å². The van der Waals surface area contributed by atoms with Gasteiger partial charge in [-0.25, -0.2) is 0 Å². The van der Waals surface area contributed by atoms with E-state index in [1.165, 1.54) is 9.75 Å². The van der Waals surface area contributed by atoms with E-state index in [1.807, 2.05) is 29.5 Å². The maximum atomic E-state index is 5.94. The molecule has 0 fully saturated rings. The summed E-state index contributed by atoms with van der Waals surface area (Å²) in [5.41, 5.74) is 7.68. The topological polar surface area (TPSA) is 38.0 Å². The third kappa shape index (κ3) is 3.01. The molecule has 0 aliphatic heterocycles. The molecule has 1 atom stereocenters. The van der Waals surface area contributed by atoms with Crippen LogP contribution < -0.4 is 11.1 Å². The van der Waals surface area contributed by atoms with Crippen LogP contribution in [0.25, 0.3) is 0 Å². The van der Waals surface area contributed by atoms with Crippen LogP contribution in [0.5, 0.6) is 0 Å². The van der Waals surface area contributed by atoms with Crippen LogP contribution in [0, 0.1) is 6.92 Å². The molecule has 0 aliphatic carbocycles. The van der Waals surface area contributed by atoms with Gasteiger partial charge in [-0.2, -0.15) is 0 Å². The lowest BCUT2D eigenvalue weighted by molar-refractivity contribution is 0.909. The molecule has 2 nitrogen and oxygen atoms in total. The second kappa shape index (κ2) is 5.10. The monoisotopic (exact) mass is 310 g/mol. The molecule has 0 radical (unpaired) electrons. The van der Waals surface area contributed by atoms with Gasteiger partial charge in [0.25, 0.3) is 0 Å². The predicted octanol–water partition coefficient (Wildman–Crippen LogP) is 4.57. The zero-order chi connectivity index (χ0) is 12.4. The summed E-state index contributed by atoms with van der Waals surface area (Å²) < 4.78 is 1.03. The zero-order valence-electron chi connectivity index (χ0n) is 9.83. The van der Waals surface area contributed by atoms with Gasteiger partial charge in [0.2, 0.25) is 0 Å². The van der Waals surface area contributed by atoms with Gasteiger partial charge >= 0.3 is 0 Å². The summed E-state index contributed by atoms with van der Waals surface area (Å²) in [7, 11) is 0. The SMILES string of the molecule is Cc1ccc(C(C)Nc2cc(Br)ccc2N)s1. The fourth-order valence-corrected chi connectivity index (χ4v) is 2.88. The van der Waals surface area contributed by atoms with E-state index >= 15 is 0 Å². The number of hydrogen-bond acceptors (Lipinski definition) is 3. The Hall–Kier alpha value is -1.00. The molecule has 4 heteroatoms. The summed E-state index contributed by atoms with van der Waals surface area (Å²) in [5, 5.41) is 3.44. The third-order valence-electron chi connectivity index (χ3n) is 2.58. The second-order valence-corrected chi connectivity index (χ2v) is 6.28. The zero-order valence-corrected chi connectivity index (χ0v) is 12.2. The van der Waals surface area contributed by atoms with Crippen molar-refractivity contribution in [2.45, 2.75) is 19.9 Å². The largest absolute Gasteiger partial charge is 0.397 e. The quantitative estimate of drug-likeness (QED) is 0.815. The maximum Gasteiger partial charge on any atom is 0.0590 e. The van der Waals surface area contributed by atoms with Crippen LogP contribution in [-0.4, -0.2) is 0 Å². The number of benzene rings is 1. The van der Waals surface area contributed by atoms with E-state index in [0.29, 0.717) is 0 Å². The highest BCUT2D eigenvalue weighted by Gasteiger charge is 2.09. The third-order valence-corrected chi connectivity index (χ3v) is 4.25. The Morgan fingerprint density at radius 1 is 1.29 bits per heavy atom. The number of anilines is 2. The highest BCUT2D eigenvalue weighted by atomic mass is 79.9. The summed E-state index contributed by atoms with van der Waals surface area (Å²) in [4.78, 5) is 2.65. The molecule has 1 aromatic heterocycles. The molecule has 1 heterocycles. The first-order chi connectivity index (χ1) is 8.06. The molecule has 2 rings (SSSR count). The van der Waals surface area contributed by atoms with E-state index in [2.05, 4.69) is 47.2 Å². The number of rotatable bonds is 3. The lowest BCUT2D eigenvalue weighted by Crippen LogP contribution is -2.06. The Bertz CT molecular complexity index is 522. The van der Waals surface area contributed by atoms with Crippen LogP contribution in [0.3, 0.4) is 0 Å². The molecule has 2 aromatic rings. The Labute approximate surface area is 114 Å². The molecule has 0 aliphatic rings. The summed E-state index contributed by atoms with van der Waals surface area (Å²) in [5.74, 6) is 0. The first-order valence-corrected chi connectivity index (χ1v) is 7.05. The molecule has 0 amide bonds. The summed E-state index contributed by atoms with van der Waals surface area (Å²) >= 11 is 5.26. The van der Waals surface area contributed by atoms with Gasteiger partial charge < -0.3 is 11.1 Å². The lowest BCUT2D eigenvalue weighted by Gasteiger charge is -2.15. The number of nitrogen functional groups attached to an aromatic ring is 1. The molecule has 0 saturated heterocycles. The van der Waals surface area contributed by atoms with Crippen LogP contribution in [0.15, 0.2) is 34.8 Å². The Morgan fingerprint density at radius 2 is 2.06 bits per heavy atom. The van der Waals surface area contributed by atoms with Gasteiger partial charge in [0.15, 0.2) is 0 Å². The molecule has 0 spiro atoms. The van der Waals surface area contributed by atoms with Crippen molar-refractivity contribution in [2.75, 3.05) is 11.1 Å². The molecule has 0 bridgehead atoms. The van der Waals surface area contributed by atoms with Crippen LogP contribution in [0.1, 0.15) is 22.7 Å². The number of nitrogens with one attached hydrogen (secondary N) is 1. The molecule has 0 saturated carbocycles. The van der Waals surface area contributed by atoms with E-state index in [4.69, 9.17) is 5.73 Å². The normalized spacial score (nSPS) is 12.4. The van der Waals surface area contributed by atoms with Gasteiger partial charge in [0.1, 0.15) is 0 Å². The van der Waals surface area contributed by atoms with Crippen molar-refractivity contribution in [2.24, 2.45) is 0 Å². The van der Waals surface area contributed by atoms with E-state index in [9.17, 15) is 0 Å².